The van der Waals surface area contributed by atoms with Gasteiger partial charge in [0.25, 0.3) is 0 Å². The van der Waals surface area contributed by atoms with E-state index in [1.54, 1.807) is 19.1 Å². The van der Waals surface area contributed by atoms with Crippen LogP contribution < -0.4 is 27.4 Å². The summed E-state index contributed by atoms with van der Waals surface area (Å²) in [5, 5.41) is 26.7. The number of carboxylic acid groups (broad SMARTS) is 1. The average Bonchev–Trinajstić information content (AvgIpc) is 3.45. The molecule has 0 saturated carbocycles. The largest absolute Gasteiger partial charge is 0.508 e. The second kappa shape index (κ2) is 16.7. The van der Waals surface area contributed by atoms with Gasteiger partial charge in [0.1, 0.15) is 29.9 Å². The fraction of sp³-hybridized carbons (Fsp3) is 0.621. The molecule has 13 heteroatoms. The number of rotatable bonds is 16. The summed E-state index contributed by atoms with van der Waals surface area (Å²) >= 11 is 0. The molecule has 1 aromatic rings. The lowest BCUT2D eigenvalue weighted by Crippen LogP contribution is -2.59. The van der Waals surface area contributed by atoms with E-state index in [1.807, 2.05) is 6.92 Å². The van der Waals surface area contributed by atoms with Crippen molar-refractivity contribution >= 4 is 29.6 Å². The number of carboxylic acids is 1. The lowest BCUT2D eigenvalue weighted by atomic mass is 9.96. The molecule has 0 radical (unpaired) electrons. The van der Waals surface area contributed by atoms with Crippen molar-refractivity contribution in [2.24, 2.45) is 17.4 Å². The zero-order valence-corrected chi connectivity index (χ0v) is 24.7. The van der Waals surface area contributed by atoms with Crippen LogP contribution in [0.1, 0.15) is 64.9 Å². The maximum absolute atomic E-state index is 13.6. The highest BCUT2D eigenvalue weighted by Gasteiger charge is 2.38. The molecule has 0 spiro atoms. The SMILES string of the molecule is CC[C@H](C)[C@H](NC(=O)[C@H](Cc1ccc(O)cc1)NC(=O)[C@@H]1CCCN1C(=O)[C@@H](N)CCCCN)C(=O)N[C@@H](C)C(=O)O. The normalized spacial score (nSPS) is 18.3. The highest BCUT2D eigenvalue weighted by atomic mass is 16.4. The molecule has 234 valence electrons. The molecule has 4 amide bonds. The Morgan fingerprint density at radius 3 is 2.29 bits per heavy atom. The van der Waals surface area contributed by atoms with E-state index in [9.17, 15) is 34.2 Å². The lowest BCUT2D eigenvalue weighted by molar-refractivity contribution is -0.142. The second-order valence-corrected chi connectivity index (χ2v) is 11.0. The molecule has 0 bridgehead atoms. The van der Waals surface area contributed by atoms with Gasteiger partial charge in [-0.1, -0.05) is 38.8 Å². The number of hydrogen-bond donors (Lipinski definition) is 7. The van der Waals surface area contributed by atoms with E-state index in [0.29, 0.717) is 50.8 Å². The Bertz CT molecular complexity index is 1080. The van der Waals surface area contributed by atoms with Crippen LogP contribution in [0, 0.1) is 5.92 Å². The van der Waals surface area contributed by atoms with Gasteiger partial charge >= 0.3 is 5.97 Å². The summed E-state index contributed by atoms with van der Waals surface area (Å²) in [7, 11) is 0. The molecule has 1 fully saturated rings. The predicted molar refractivity (Wildman–Crippen MR) is 156 cm³/mol. The van der Waals surface area contributed by atoms with Gasteiger partial charge in [0, 0.05) is 13.0 Å². The van der Waals surface area contributed by atoms with Gasteiger partial charge in [-0.2, -0.15) is 0 Å². The van der Waals surface area contributed by atoms with Crippen molar-refractivity contribution in [3.05, 3.63) is 29.8 Å². The summed E-state index contributed by atoms with van der Waals surface area (Å²) < 4.78 is 0. The number of phenols is 1. The number of benzene rings is 1. The number of hydrogen-bond acceptors (Lipinski definition) is 8. The smallest absolute Gasteiger partial charge is 0.325 e. The first-order valence-electron chi connectivity index (χ1n) is 14.6. The molecule has 1 saturated heterocycles. The fourth-order valence-corrected chi connectivity index (χ4v) is 4.81. The van der Waals surface area contributed by atoms with Gasteiger partial charge in [0.15, 0.2) is 0 Å². The number of likely N-dealkylation sites (tertiary alicyclic amines) is 1. The number of phenolic OH excluding ortho intramolecular Hbond substituents is 1. The summed E-state index contributed by atoms with van der Waals surface area (Å²) in [5.41, 5.74) is 12.3. The molecule has 0 aromatic heterocycles. The predicted octanol–water partition coefficient (Wildman–Crippen LogP) is -0.0130. The Morgan fingerprint density at radius 2 is 1.69 bits per heavy atom. The number of nitrogens with one attached hydrogen (secondary N) is 3. The van der Waals surface area contributed by atoms with Crippen LogP contribution in [0.15, 0.2) is 24.3 Å². The van der Waals surface area contributed by atoms with Crippen LogP contribution in [-0.4, -0.2) is 88.0 Å². The minimum absolute atomic E-state index is 0.0350. The maximum Gasteiger partial charge on any atom is 0.325 e. The van der Waals surface area contributed by atoms with Crippen LogP contribution in [0.4, 0.5) is 0 Å². The molecular formula is C29H46N6O7. The monoisotopic (exact) mass is 590 g/mol. The van der Waals surface area contributed by atoms with Gasteiger partial charge < -0.3 is 42.5 Å². The Kier molecular flexibility index (Phi) is 13.7. The molecule has 9 N–H and O–H groups in total. The third kappa shape index (κ3) is 9.98. The third-order valence-corrected chi connectivity index (χ3v) is 7.66. The Hall–Kier alpha value is -3.71. The van der Waals surface area contributed by atoms with Gasteiger partial charge in [-0.15, -0.1) is 0 Å². The molecule has 0 unspecified atom stereocenters. The summed E-state index contributed by atoms with van der Waals surface area (Å²) in [6.07, 6.45) is 3.45. The molecule has 1 aliphatic rings. The van der Waals surface area contributed by atoms with Gasteiger partial charge in [-0.05, 0) is 62.8 Å². The van der Waals surface area contributed by atoms with Crippen molar-refractivity contribution in [2.75, 3.05) is 13.1 Å². The Morgan fingerprint density at radius 1 is 1.02 bits per heavy atom. The first-order valence-corrected chi connectivity index (χ1v) is 14.6. The van der Waals surface area contributed by atoms with Crippen LogP contribution in [0.2, 0.25) is 0 Å². The quantitative estimate of drug-likeness (QED) is 0.129. The van der Waals surface area contributed by atoms with Crippen LogP contribution in [-0.2, 0) is 30.4 Å². The number of aromatic hydroxyl groups is 1. The topological polar surface area (TPSA) is 217 Å². The van der Waals surface area contributed by atoms with E-state index < -0.39 is 53.9 Å². The van der Waals surface area contributed by atoms with E-state index in [0.717, 1.165) is 6.42 Å². The second-order valence-electron chi connectivity index (χ2n) is 11.0. The molecule has 6 atom stereocenters. The zero-order chi connectivity index (χ0) is 31.4. The number of nitrogens with two attached hydrogens (primary N) is 2. The van der Waals surface area contributed by atoms with Gasteiger partial charge in [-0.25, -0.2) is 0 Å². The van der Waals surface area contributed by atoms with Crippen molar-refractivity contribution in [2.45, 2.75) is 95.9 Å². The molecular weight excluding hydrogens is 544 g/mol. The molecule has 1 heterocycles. The van der Waals surface area contributed by atoms with Crippen LogP contribution in [0.25, 0.3) is 0 Å². The van der Waals surface area contributed by atoms with E-state index in [1.165, 1.54) is 24.0 Å². The van der Waals surface area contributed by atoms with Crippen molar-refractivity contribution < 1.29 is 34.2 Å². The summed E-state index contributed by atoms with van der Waals surface area (Å²) in [6.45, 7) is 5.77. The fourth-order valence-electron chi connectivity index (χ4n) is 4.81. The first-order chi connectivity index (χ1) is 19.9. The van der Waals surface area contributed by atoms with Crippen LogP contribution in [0.3, 0.4) is 0 Å². The van der Waals surface area contributed by atoms with Crippen molar-refractivity contribution in [3.8, 4) is 5.75 Å². The van der Waals surface area contributed by atoms with E-state index >= 15 is 0 Å². The summed E-state index contributed by atoms with van der Waals surface area (Å²) in [5.74, 6) is -3.67. The van der Waals surface area contributed by atoms with E-state index in [4.69, 9.17) is 11.5 Å². The average molecular weight is 591 g/mol. The molecule has 13 nitrogen and oxygen atoms in total. The van der Waals surface area contributed by atoms with Crippen molar-refractivity contribution in [3.63, 3.8) is 0 Å². The van der Waals surface area contributed by atoms with E-state index in [-0.39, 0.29) is 24.0 Å². The van der Waals surface area contributed by atoms with E-state index in [2.05, 4.69) is 16.0 Å². The molecule has 42 heavy (non-hydrogen) atoms. The summed E-state index contributed by atoms with van der Waals surface area (Å²) in [4.78, 5) is 65.9. The van der Waals surface area contributed by atoms with Crippen LogP contribution >= 0.6 is 0 Å². The van der Waals surface area contributed by atoms with Gasteiger partial charge in [0.2, 0.25) is 23.6 Å². The standard InChI is InChI=1S/C29H46N6O7/c1-4-17(2)24(27(39)32-18(3)29(41)42)34-25(37)22(16-19-10-12-20(36)13-11-19)33-26(38)23-9-7-15-35(23)28(40)21(31)8-5-6-14-30/h10-13,17-18,21-24,36H,4-9,14-16,30-31H2,1-3H3,(H,32,39)(H,33,38)(H,34,37)(H,41,42)/t17-,18-,21-,22-,23-,24-/m0/s1. The molecule has 1 aromatic carbocycles. The molecule has 1 aliphatic heterocycles. The van der Waals surface area contributed by atoms with Crippen molar-refractivity contribution in [1.82, 2.24) is 20.9 Å². The Balaban J connectivity index is 2.25. The minimum atomic E-state index is -1.22. The first kappa shape index (κ1) is 34.5. The number of aliphatic carboxylic acids is 1. The number of unbranched alkanes of at least 4 members (excludes halogenated alkanes) is 1. The van der Waals surface area contributed by atoms with Crippen LogP contribution in [0.5, 0.6) is 5.75 Å². The summed E-state index contributed by atoms with van der Waals surface area (Å²) in [6, 6.07) is 1.22. The van der Waals surface area contributed by atoms with Gasteiger partial charge in [0.05, 0.1) is 6.04 Å². The third-order valence-electron chi connectivity index (χ3n) is 7.66. The maximum atomic E-state index is 13.6. The van der Waals surface area contributed by atoms with Crippen molar-refractivity contribution in [1.29, 1.82) is 0 Å². The van der Waals surface area contributed by atoms with Gasteiger partial charge in [-0.3, -0.25) is 24.0 Å². The lowest BCUT2D eigenvalue weighted by Gasteiger charge is -2.30. The number of amides is 4. The number of carbonyl (C=O) groups is 5. The number of nitrogens with zero attached hydrogens (tertiary/aromatic N) is 1. The highest BCUT2D eigenvalue weighted by molar-refractivity contribution is 5.95. The molecule has 2 rings (SSSR count). The Labute approximate surface area is 246 Å². The zero-order valence-electron chi connectivity index (χ0n) is 24.7. The number of carbonyl (C=O) groups excluding carboxylic acids is 4. The minimum Gasteiger partial charge on any atom is -0.508 e. The molecule has 0 aliphatic carbocycles. The highest BCUT2D eigenvalue weighted by Crippen LogP contribution is 2.20.